The molecule has 1 heterocycles. The molecule has 1 amide bonds. The average Bonchev–Trinajstić information content (AvgIpc) is 2.76. The van der Waals surface area contributed by atoms with E-state index < -0.39 is 5.60 Å². The highest BCUT2D eigenvalue weighted by molar-refractivity contribution is 5.90. The molecule has 2 rings (SSSR count). The van der Waals surface area contributed by atoms with E-state index in [2.05, 4.69) is 10.2 Å². The van der Waals surface area contributed by atoms with E-state index in [1.54, 1.807) is 24.3 Å². The van der Waals surface area contributed by atoms with Gasteiger partial charge in [-0.15, -0.1) is 0 Å². The molecule has 5 heteroatoms. The molecule has 0 radical (unpaired) electrons. The molecule has 1 saturated heterocycles. The number of rotatable bonds is 4. The lowest BCUT2D eigenvalue weighted by Gasteiger charge is -2.18. The number of hydrogen-bond donors (Lipinski definition) is 2. The van der Waals surface area contributed by atoms with Crippen LogP contribution in [0.5, 0.6) is 0 Å². The highest BCUT2D eigenvalue weighted by Crippen LogP contribution is 2.20. The highest BCUT2D eigenvalue weighted by atomic mass is 16.3. The second kappa shape index (κ2) is 6.04. The van der Waals surface area contributed by atoms with Gasteiger partial charge in [0.05, 0.1) is 17.2 Å². The largest absolute Gasteiger partial charge is 0.389 e. The van der Waals surface area contributed by atoms with Crippen LogP contribution in [0.1, 0.15) is 25.3 Å². The molecule has 20 heavy (non-hydrogen) atoms. The summed E-state index contributed by atoms with van der Waals surface area (Å²) in [6, 6.07) is 8.89. The van der Waals surface area contributed by atoms with Crippen LogP contribution in [0.25, 0.3) is 0 Å². The number of anilines is 1. The first-order chi connectivity index (χ1) is 9.48. The van der Waals surface area contributed by atoms with E-state index in [0.29, 0.717) is 30.8 Å². The maximum atomic E-state index is 11.8. The second-order valence-corrected chi connectivity index (χ2v) is 5.51. The quantitative estimate of drug-likeness (QED) is 0.868. The molecule has 1 unspecified atom stereocenters. The van der Waals surface area contributed by atoms with E-state index in [1.165, 1.54) is 0 Å². The Kier molecular flexibility index (Phi) is 4.38. The molecule has 1 fully saturated rings. The third-order valence-electron chi connectivity index (χ3n) is 3.46. The van der Waals surface area contributed by atoms with Crippen LogP contribution >= 0.6 is 0 Å². The first-order valence-electron chi connectivity index (χ1n) is 6.73. The molecule has 0 aliphatic carbocycles. The van der Waals surface area contributed by atoms with E-state index >= 15 is 0 Å². The van der Waals surface area contributed by atoms with Gasteiger partial charge in [0.25, 0.3) is 0 Å². The number of benzene rings is 1. The van der Waals surface area contributed by atoms with Gasteiger partial charge >= 0.3 is 0 Å². The molecule has 106 valence electrons. The Balaban J connectivity index is 1.80. The minimum absolute atomic E-state index is 0.0772. The number of carbonyl (C=O) groups is 1. The van der Waals surface area contributed by atoms with Crippen molar-refractivity contribution in [1.29, 1.82) is 5.26 Å². The molecule has 5 nitrogen and oxygen atoms in total. The number of amides is 1. The van der Waals surface area contributed by atoms with Gasteiger partial charge in [-0.2, -0.15) is 5.26 Å². The van der Waals surface area contributed by atoms with Crippen molar-refractivity contribution in [3.63, 3.8) is 0 Å². The Hall–Kier alpha value is -1.90. The van der Waals surface area contributed by atoms with Crippen LogP contribution in [-0.4, -0.2) is 41.1 Å². The number of carbonyl (C=O) groups excluding carboxylic acids is 1. The van der Waals surface area contributed by atoms with E-state index in [9.17, 15) is 9.90 Å². The van der Waals surface area contributed by atoms with Crippen LogP contribution in [-0.2, 0) is 4.79 Å². The number of aliphatic hydroxyl groups is 1. The van der Waals surface area contributed by atoms with Crippen LogP contribution in [0.3, 0.4) is 0 Å². The molecule has 0 saturated carbocycles. The number of hydrogen-bond acceptors (Lipinski definition) is 4. The first-order valence-corrected chi connectivity index (χ1v) is 6.73. The zero-order chi connectivity index (χ0) is 14.6. The Bertz CT molecular complexity index is 534. The molecule has 0 aromatic heterocycles. The average molecular weight is 273 g/mol. The van der Waals surface area contributed by atoms with Gasteiger partial charge in [-0.3, -0.25) is 9.69 Å². The van der Waals surface area contributed by atoms with Crippen molar-refractivity contribution >= 4 is 11.6 Å². The highest BCUT2D eigenvalue weighted by Gasteiger charge is 2.30. The van der Waals surface area contributed by atoms with Gasteiger partial charge in [0, 0.05) is 31.7 Å². The molecule has 1 aliphatic heterocycles. The lowest BCUT2D eigenvalue weighted by atomic mass is 10.1. The Morgan fingerprint density at radius 1 is 1.60 bits per heavy atom. The third-order valence-corrected chi connectivity index (χ3v) is 3.46. The van der Waals surface area contributed by atoms with Gasteiger partial charge in [0.1, 0.15) is 0 Å². The van der Waals surface area contributed by atoms with Crippen LogP contribution in [0.4, 0.5) is 5.69 Å². The summed E-state index contributed by atoms with van der Waals surface area (Å²) in [6.45, 7) is 3.90. The van der Waals surface area contributed by atoms with Crippen LogP contribution in [0.2, 0.25) is 0 Å². The van der Waals surface area contributed by atoms with Crippen molar-refractivity contribution < 1.29 is 9.90 Å². The van der Waals surface area contributed by atoms with Gasteiger partial charge < -0.3 is 10.4 Å². The topological polar surface area (TPSA) is 76.4 Å². The summed E-state index contributed by atoms with van der Waals surface area (Å²) < 4.78 is 0. The van der Waals surface area contributed by atoms with E-state index in [1.807, 2.05) is 13.0 Å². The van der Waals surface area contributed by atoms with Gasteiger partial charge in [0.2, 0.25) is 5.91 Å². The summed E-state index contributed by atoms with van der Waals surface area (Å²) >= 11 is 0. The third kappa shape index (κ3) is 4.05. The summed E-state index contributed by atoms with van der Waals surface area (Å²) in [5.41, 5.74) is 0.540. The van der Waals surface area contributed by atoms with E-state index in [0.717, 1.165) is 13.0 Å². The van der Waals surface area contributed by atoms with Crippen molar-refractivity contribution in [3.05, 3.63) is 29.8 Å². The summed E-state index contributed by atoms with van der Waals surface area (Å²) in [4.78, 5) is 13.9. The number of likely N-dealkylation sites (tertiary alicyclic amines) is 1. The van der Waals surface area contributed by atoms with Crippen molar-refractivity contribution in [2.75, 3.05) is 25.0 Å². The molecule has 1 aliphatic rings. The van der Waals surface area contributed by atoms with Crippen LogP contribution in [0, 0.1) is 11.3 Å². The maximum Gasteiger partial charge on any atom is 0.225 e. The number of nitrogens with zero attached hydrogens (tertiary/aromatic N) is 2. The van der Waals surface area contributed by atoms with Crippen molar-refractivity contribution in [2.24, 2.45) is 0 Å². The molecular formula is C15H19N3O2. The fraction of sp³-hybridized carbons (Fsp3) is 0.467. The minimum Gasteiger partial charge on any atom is -0.389 e. The predicted molar refractivity (Wildman–Crippen MR) is 76.1 cm³/mol. The van der Waals surface area contributed by atoms with Crippen LogP contribution in [0.15, 0.2) is 24.3 Å². The van der Waals surface area contributed by atoms with Gasteiger partial charge in [-0.05, 0) is 31.5 Å². The van der Waals surface area contributed by atoms with E-state index in [-0.39, 0.29) is 5.91 Å². The molecule has 0 spiro atoms. The molecule has 1 atom stereocenters. The Morgan fingerprint density at radius 3 is 3.05 bits per heavy atom. The monoisotopic (exact) mass is 273 g/mol. The maximum absolute atomic E-state index is 11.8. The molecule has 0 bridgehead atoms. The molecular weight excluding hydrogens is 254 g/mol. The van der Waals surface area contributed by atoms with Crippen molar-refractivity contribution in [3.8, 4) is 6.07 Å². The standard InChI is InChI=1S/C15H19N3O2/c1-15(20)6-8-18(11-15)7-5-14(19)17-13-4-2-3-12(9-13)10-16/h2-4,9,20H,5-8,11H2,1H3,(H,17,19). The lowest BCUT2D eigenvalue weighted by Crippen LogP contribution is -2.31. The summed E-state index contributed by atoms with van der Waals surface area (Å²) in [6.07, 6.45) is 1.13. The fourth-order valence-corrected chi connectivity index (χ4v) is 2.38. The summed E-state index contributed by atoms with van der Waals surface area (Å²) in [5.74, 6) is -0.0772. The Labute approximate surface area is 118 Å². The SMILES string of the molecule is CC1(O)CCN(CCC(=O)Nc2cccc(C#N)c2)C1. The second-order valence-electron chi connectivity index (χ2n) is 5.51. The summed E-state index contributed by atoms with van der Waals surface area (Å²) in [5, 5.41) is 21.4. The van der Waals surface area contributed by atoms with Crippen molar-refractivity contribution in [1.82, 2.24) is 4.90 Å². The van der Waals surface area contributed by atoms with E-state index in [4.69, 9.17) is 5.26 Å². The zero-order valence-corrected chi connectivity index (χ0v) is 11.6. The minimum atomic E-state index is -0.627. The summed E-state index contributed by atoms with van der Waals surface area (Å²) in [7, 11) is 0. The lowest BCUT2D eigenvalue weighted by molar-refractivity contribution is -0.116. The predicted octanol–water partition coefficient (Wildman–Crippen LogP) is 1.34. The number of nitrogens with one attached hydrogen (secondary N) is 1. The first kappa shape index (κ1) is 14.5. The van der Waals surface area contributed by atoms with Gasteiger partial charge in [0.15, 0.2) is 0 Å². The molecule has 1 aromatic rings. The molecule has 1 aromatic carbocycles. The normalized spacial score (nSPS) is 22.4. The van der Waals surface area contributed by atoms with Gasteiger partial charge in [-0.1, -0.05) is 6.07 Å². The smallest absolute Gasteiger partial charge is 0.225 e. The van der Waals surface area contributed by atoms with Gasteiger partial charge in [-0.25, -0.2) is 0 Å². The zero-order valence-electron chi connectivity index (χ0n) is 11.6. The fourth-order valence-electron chi connectivity index (χ4n) is 2.38. The molecule has 2 N–H and O–H groups in total. The van der Waals surface area contributed by atoms with Crippen LogP contribution < -0.4 is 5.32 Å². The van der Waals surface area contributed by atoms with Crippen molar-refractivity contribution in [2.45, 2.75) is 25.4 Å². The number of β-amino-alcohol motifs (C(OH)–C–C–N with tert-alkyl or cyclic N) is 1. The Morgan fingerprint density at radius 2 is 2.40 bits per heavy atom. The number of nitriles is 1.